The molecule has 4 rings (SSSR count). The summed E-state index contributed by atoms with van der Waals surface area (Å²) in [7, 11) is 3.55. The maximum atomic E-state index is 12.1. The number of hydrogen-bond acceptors (Lipinski definition) is 4. The van der Waals surface area contributed by atoms with Crippen LogP contribution in [0.4, 0.5) is 0 Å². The molecule has 0 aromatic heterocycles. The van der Waals surface area contributed by atoms with Crippen molar-refractivity contribution in [2.75, 3.05) is 39.5 Å². The van der Waals surface area contributed by atoms with E-state index in [0.717, 1.165) is 31.3 Å². The number of thioether (sulfide) groups is 1. The maximum absolute atomic E-state index is 12.1. The topological polar surface area (TPSA) is 66.0 Å². The standard InChI is InChI=1S/C23H34N4O2S/c1-27(2)19(28)16-25-22(24-13-15-30-17-8-4-3-5-9-17)26-20-18-10-14-29-21(18)23(20)11-6-7-12-23/h3-5,8-9,18,20-21H,6-7,10-16H2,1-2H3,(H2,24,25,26). The van der Waals surface area contributed by atoms with Crippen LogP contribution < -0.4 is 10.6 Å². The van der Waals surface area contributed by atoms with Gasteiger partial charge in [-0.2, -0.15) is 0 Å². The number of aliphatic imine (C=N–C) groups is 1. The van der Waals surface area contributed by atoms with Gasteiger partial charge in [0, 0.05) is 55.3 Å². The molecule has 164 valence electrons. The quantitative estimate of drug-likeness (QED) is 0.301. The largest absolute Gasteiger partial charge is 0.377 e. The van der Waals surface area contributed by atoms with E-state index in [4.69, 9.17) is 4.74 Å². The van der Waals surface area contributed by atoms with Crippen LogP contribution in [0.2, 0.25) is 0 Å². The van der Waals surface area contributed by atoms with Gasteiger partial charge in [-0.05, 0) is 31.4 Å². The van der Waals surface area contributed by atoms with E-state index >= 15 is 0 Å². The molecule has 2 saturated carbocycles. The molecule has 1 spiro atoms. The Labute approximate surface area is 184 Å². The molecular formula is C23H34N4O2S. The molecule has 0 radical (unpaired) electrons. The van der Waals surface area contributed by atoms with Gasteiger partial charge in [-0.25, -0.2) is 4.99 Å². The van der Waals surface area contributed by atoms with Crippen molar-refractivity contribution in [2.45, 2.75) is 49.1 Å². The molecule has 0 bridgehead atoms. The number of nitrogens with one attached hydrogen (secondary N) is 2. The molecule has 3 unspecified atom stereocenters. The summed E-state index contributed by atoms with van der Waals surface area (Å²) in [5, 5.41) is 7.21. The number of benzene rings is 1. The zero-order valence-electron chi connectivity index (χ0n) is 18.1. The minimum absolute atomic E-state index is 0.0148. The molecule has 1 saturated heterocycles. The molecule has 1 heterocycles. The molecule has 3 aliphatic rings. The lowest BCUT2D eigenvalue weighted by Crippen LogP contribution is -2.69. The molecule has 1 aliphatic heterocycles. The number of nitrogens with zero attached hydrogens (tertiary/aromatic N) is 2. The molecule has 1 aromatic rings. The third-order valence-corrected chi connectivity index (χ3v) is 7.87. The van der Waals surface area contributed by atoms with E-state index in [9.17, 15) is 4.79 Å². The molecule has 30 heavy (non-hydrogen) atoms. The minimum atomic E-state index is 0.0148. The zero-order chi connectivity index (χ0) is 21.0. The molecule has 3 fully saturated rings. The summed E-state index contributed by atoms with van der Waals surface area (Å²) in [4.78, 5) is 19.6. The van der Waals surface area contributed by atoms with Crippen LogP contribution in [-0.2, 0) is 9.53 Å². The van der Waals surface area contributed by atoms with E-state index < -0.39 is 0 Å². The zero-order valence-corrected chi connectivity index (χ0v) is 18.9. The first kappa shape index (κ1) is 21.5. The summed E-state index contributed by atoms with van der Waals surface area (Å²) in [6, 6.07) is 10.8. The van der Waals surface area contributed by atoms with Crippen LogP contribution in [0.3, 0.4) is 0 Å². The molecule has 1 aromatic carbocycles. The summed E-state index contributed by atoms with van der Waals surface area (Å²) in [6.07, 6.45) is 6.59. The average Bonchev–Trinajstić information content (AvgIpc) is 3.42. The lowest BCUT2D eigenvalue weighted by atomic mass is 9.54. The summed E-state index contributed by atoms with van der Waals surface area (Å²) >= 11 is 1.82. The molecule has 2 N–H and O–H groups in total. The number of rotatable bonds is 7. The highest BCUT2D eigenvalue weighted by Crippen LogP contribution is 2.60. The van der Waals surface area contributed by atoms with Gasteiger partial charge in [0.2, 0.25) is 5.91 Å². The lowest BCUT2D eigenvalue weighted by molar-refractivity contribution is -0.127. The number of fused-ring (bicyclic) bond motifs is 2. The minimum Gasteiger partial charge on any atom is -0.377 e. The van der Waals surface area contributed by atoms with E-state index in [0.29, 0.717) is 18.1 Å². The normalized spacial score (nSPS) is 26.9. The Balaban J connectivity index is 1.38. The molecule has 6 nitrogen and oxygen atoms in total. The Bertz CT molecular complexity index is 749. The fourth-order valence-electron chi connectivity index (χ4n) is 5.35. The molecule has 1 amide bonds. The highest BCUT2D eigenvalue weighted by molar-refractivity contribution is 7.99. The number of carbonyl (C=O) groups is 1. The van der Waals surface area contributed by atoms with Gasteiger partial charge >= 0.3 is 0 Å². The van der Waals surface area contributed by atoms with E-state index in [1.165, 1.54) is 30.6 Å². The van der Waals surface area contributed by atoms with Crippen LogP contribution in [0.15, 0.2) is 40.2 Å². The number of guanidine groups is 1. The van der Waals surface area contributed by atoms with Gasteiger partial charge in [-0.3, -0.25) is 4.79 Å². The second-order valence-electron chi connectivity index (χ2n) is 8.85. The van der Waals surface area contributed by atoms with E-state index in [1.807, 2.05) is 17.8 Å². The summed E-state index contributed by atoms with van der Waals surface area (Å²) < 4.78 is 6.11. The van der Waals surface area contributed by atoms with Crippen molar-refractivity contribution in [3.8, 4) is 0 Å². The first-order valence-corrected chi connectivity index (χ1v) is 12.1. The van der Waals surface area contributed by atoms with E-state index in [-0.39, 0.29) is 17.9 Å². The Hall–Kier alpha value is -1.73. The summed E-state index contributed by atoms with van der Waals surface area (Å²) in [5.41, 5.74) is 0.258. The van der Waals surface area contributed by atoms with Crippen molar-refractivity contribution in [3.05, 3.63) is 30.3 Å². The van der Waals surface area contributed by atoms with Crippen molar-refractivity contribution in [3.63, 3.8) is 0 Å². The van der Waals surface area contributed by atoms with Crippen LogP contribution in [0.25, 0.3) is 0 Å². The molecular weight excluding hydrogens is 396 g/mol. The smallest absolute Gasteiger partial charge is 0.243 e. The molecule has 7 heteroatoms. The predicted octanol–water partition coefficient (Wildman–Crippen LogP) is 2.75. The van der Waals surface area contributed by atoms with Gasteiger partial charge < -0.3 is 20.3 Å². The van der Waals surface area contributed by atoms with E-state index in [1.54, 1.807) is 19.0 Å². The average molecular weight is 431 g/mol. The lowest BCUT2D eigenvalue weighted by Gasteiger charge is -2.57. The fraction of sp³-hybridized carbons (Fsp3) is 0.652. The monoisotopic (exact) mass is 430 g/mol. The first-order valence-electron chi connectivity index (χ1n) is 11.1. The van der Waals surface area contributed by atoms with Crippen LogP contribution in [0, 0.1) is 11.3 Å². The van der Waals surface area contributed by atoms with Gasteiger partial charge in [-0.15, -0.1) is 11.8 Å². The van der Waals surface area contributed by atoms with Gasteiger partial charge in [0.05, 0.1) is 6.10 Å². The van der Waals surface area contributed by atoms with Crippen LogP contribution >= 0.6 is 11.8 Å². The van der Waals surface area contributed by atoms with Gasteiger partial charge in [0.1, 0.15) is 6.54 Å². The summed E-state index contributed by atoms with van der Waals surface area (Å²) in [6.45, 7) is 1.84. The number of likely N-dealkylation sites (N-methyl/N-ethyl adjacent to an activating group) is 1. The van der Waals surface area contributed by atoms with E-state index in [2.05, 4.69) is 39.9 Å². The Morgan fingerprint density at radius 1 is 1.27 bits per heavy atom. The highest BCUT2D eigenvalue weighted by Gasteiger charge is 2.65. The number of hydrogen-bond donors (Lipinski definition) is 2. The highest BCUT2D eigenvalue weighted by atomic mass is 32.2. The molecule has 2 aliphatic carbocycles. The van der Waals surface area contributed by atoms with Crippen molar-refractivity contribution < 1.29 is 9.53 Å². The third kappa shape index (κ3) is 4.47. The van der Waals surface area contributed by atoms with Crippen LogP contribution in [-0.4, -0.2) is 68.5 Å². The van der Waals surface area contributed by atoms with Gasteiger partial charge in [-0.1, -0.05) is 31.0 Å². The van der Waals surface area contributed by atoms with Crippen molar-refractivity contribution >= 4 is 23.6 Å². The first-order chi connectivity index (χ1) is 14.6. The number of carbonyl (C=O) groups excluding carboxylic acids is 1. The maximum Gasteiger partial charge on any atom is 0.243 e. The predicted molar refractivity (Wildman–Crippen MR) is 122 cm³/mol. The molecule has 3 atom stereocenters. The third-order valence-electron chi connectivity index (χ3n) is 6.86. The van der Waals surface area contributed by atoms with Crippen LogP contribution in [0.1, 0.15) is 32.1 Å². The second-order valence-corrected chi connectivity index (χ2v) is 10.0. The second kappa shape index (κ2) is 9.60. The van der Waals surface area contributed by atoms with Crippen molar-refractivity contribution in [2.24, 2.45) is 16.3 Å². The van der Waals surface area contributed by atoms with Gasteiger partial charge in [0.25, 0.3) is 0 Å². The Morgan fingerprint density at radius 3 is 2.77 bits per heavy atom. The van der Waals surface area contributed by atoms with Gasteiger partial charge in [0.15, 0.2) is 5.96 Å². The summed E-state index contributed by atoms with van der Waals surface area (Å²) in [5.74, 6) is 2.29. The number of amides is 1. The number of ether oxygens (including phenoxy) is 1. The fourth-order valence-corrected chi connectivity index (χ4v) is 6.14. The Kier molecular flexibility index (Phi) is 6.88. The van der Waals surface area contributed by atoms with Crippen molar-refractivity contribution in [1.82, 2.24) is 15.5 Å². The van der Waals surface area contributed by atoms with Crippen molar-refractivity contribution in [1.29, 1.82) is 0 Å². The SMILES string of the molecule is CN(C)C(=O)CN=C(NCCSc1ccccc1)NC1C2CCOC2C12CCCC2. The Morgan fingerprint density at radius 2 is 2.03 bits per heavy atom. The van der Waals surface area contributed by atoms with Crippen LogP contribution in [0.5, 0.6) is 0 Å².